The van der Waals surface area contributed by atoms with Crippen molar-refractivity contribution in [3.8, 4) is 11.5 Å². The first-order chi connectivity index (χ1) is 13.5. The van der Waals surface area contributed by atoms with E-state index in [0.717, 1.165) is 10.5 Å². The summed E-state index contributed by atoms with van der Waals surface area (Å²) in [7, 11) is 3.08. The number of esters is 1. The predicted molar refractivity (Wildman–Crippen MR) is 104 cm³/mol. The first kappa shape index (κ1) is 21.6. The molecule has 0 aliphatic heterocycles. The van der Waals surface area contributed by atoms with Crippen molar-refractivity contribution in [1.82, 2.24) is 5.32 Å². The number of methoxy groups -OCH3 is 2. The molecule has 0 unspecified atom stereocenters. The molecule has 1 N–H and O–H groups in total. The summed E-state index contributed by atoms with van der Waals surface area (Å²) in [6.07, 6.45) is 0.158. The maximum absolute atomic E-state index is 12.8. The number of halogens is 1. The van der Waals surface area contributed by atoms with E-state index in [1.807, 2.05) is 0 Å². The van der Waals surface area contributed by atoms with Crippen LogP contribution < -0.4 is 14.8 Å². The zero-order valence-corrected chi connectivity index (χ0v) is 16.5. The van der Waals surface area contributed by atoms with Crippen LogP contribution in [0.15, 0.2) is 47.4 Å². The fraction of sp³-hybridized carbons (Fsp3) is 0.300. The molecule has 2 aromatic rings. The van der Waals surface area contributed by atoms with E-state index in [1.165, 1.54) is 31.0 Å². The zero-order chi connectivity index (χ0) is 20.4. The molecular formula is C20H22FNO5S. The number of nitrogens with one attached hydrogen (secondary N) is 1. The first-order valence-electron chi connectivity index (χ1n) is 8.53. The Bertz CT molecular complexity index is 798. The second kappa shape index (κ2) is 11.2. The van der Waals surface area contributed by atoms with E-state index in [1.54, 1.807) is 37.4 Å². The lowest BCUT2D eigenvalue weighted by Gasteiger charge is -2.10. The summed E-state index contributed by atoms with van der Waals surface area (Å²) in [6.45, 7) is -0.0650. The third-order valence-electron chi connectivity index (χ3n) is 3.69. The van der Waals surface area contributed by atoms with Gasteiger partial charge in [0.25, 0.3) is 5.91 Å². The average Bonchev–Trinajstić information content (AvgIpc) is 2.71. The van der Waals surface area contributed by atoms with Gasteiger partial charge in [-0.3, -0.25) is 9.59 Å². The minimum atomic E-state index is -0.462. The summed E-state index contributed by atoms with van der Waals surface area (Å²) in [4.78, 5) is 24.4. The second-order valence-corrected chi connectivity index (χ2v) is 6.85. The molecule has 0 heterocycles. The molecule has 0 spiro atoms. The molecule has 0 bridgehead atoms. The fourth-order valence-corrected chi connectivity index (χ4v) is 3.08. The quantitative estimate of drug-likeness (QED) is 0.482. The second-order valence-electron chi connectivity index (χ2n) is 5.68. The molecule has 0 aliphatic rings. The smallest absolute Gasteiger partial charge is 0.307 e. The Kier molecular flexibility index (Phi) is 8.61. The maximum Gasteiger partial charge on any atom is 0.307 e. The van der Waals surface area contributed by atoms with Crippen LogP contribution in [-0.2, 0) is 20.9 Å². The molecule has 150 valence electrons. The average molecular weight is 407 g/mol. The molecule has 2 rings (SSSR count). The van der Waals surface area contributed by atoms with Crippen LogP contribution in [0.25, 0.3) is 0 Å². The van der Waals surface area contributed by atoms with Gasteiger partial charge in [-0.1, -0.05) is 6.07 Å². The molecule has 28 heavy (non-hydrogen) atoms. The lowest BCUT2D eigenvalue weighted by Crippen LogP contribution is -2.28. The number of hydrogen-bond acceptors (Lipinski definition) is 6. The zero-order valence-electron chi connectivity index (χ0n) is 15.7. The molecular weight excluding hydrogens is 385 g/mol. The molecule has 0 saturated heterocycles. The molecule has 6 nitrogen and oxygen atoms in total. The number of rotatable bonds is 10. The maximum atomic E-state index is 12.8. The van der Waals surface area contributed by atoms with Crippen LogP contribution in [0.4, 0.5) is 4.39 Å². The van der Waals surface area contributed by atoms with Crippen molar-refractivity contribution in [3.63, 3.8) is 0 Å². The van der Waals surface area contributed by atoms with E-state index in [0.29, 0.717) is 17.3 Å². The third kappa shape index (κ3) is 7.11. The summed E-state index contributed by atoms with van der Waals surface area (Å²) in [5, 5.41) is 2.68. The summed E-state index contributed by atoms with van der Waals surface area (Å²) >= 11 is 1.42. The van der Waals surface area contributed by atoms with E-state index in [4.69, 9.17) is 14.2 Å². The minimum Gasteiger partial charge on any atom is -0.493 e. The molecule has 8 heteroatoms. The Morgan fingerprint density at radius 2 is 1.75 bits per heavy atom. The highest BCUT2D eigenvalue weighted by Crippen LogP contribution is 2.27. The lowest BCUT2D eigenvalue weighted by atomic mass is 10.2. The Morgan fingerprint density at radius 3 is 2.43 bits per heavy atom. The Balaban J connectivity index is 1.66. The van der Waals surface area contributed by atoms with Gasteiger partial charge in [0.2, 0.25) is 0 Å². The number of amides is 1. The van der Waals surface area contributed by atoms with Crippen molar-refractivity contribution < 1.29 is 28.2 Å². The normalized spacial score (nSPS) is 10.2. The van der Waals surface area contributed by atoms with Crippen LogP contribution >= 0.6 is 11.8 Å². The van der Waals surface area contributed by atoms with E-state index in [-0.39, 0.29) is 25.4 Å². The number of hydrogen-bond donors (Lipinski definition) is 1. The summed E-state index contributed by atoms with van der Waals surface area (Å²) in [5.74, 6) is 0.495. The van der Waals surface area contributed by atoms with Crippen LogP contribution in [0.5, 0.6) is 11.5 Å². The number of carbonyl (C=O) groups is 2. The SMILES string of the molecule is COc1ccc(CNC(=O)COC(=O)CCSc2ccc(F)cc2)cc1OC. The summed E-state index contributed by atoms with van der Waals surface area (Å²) < 4.78 is 28.2. The van der Waals surface area contributed by atoms with Crippen molar-refractivity contribution in [3.05, 3.63) is 53.8 Å². The Hall–Kier alpha value is -2.74. The first-order valence-corrected chi connectivity index (χ1v) is 9.52. The highest BCUT2D eigenvalue weighted by atomic mass is 32.2. The molecule has 1 amide bonds. The standard InChI is InChI=1S/C20H22FNO5S/c1-25-17-8-3-14(11-18(17)26-2)12-22-19(23)13-27-20(24)9-10-28-16-6-4-15(21)5-7-16/h3-8,11H,9-10,12-13H2,1-2H3,(H,22,23). The van der Waals surface area contributed by atoms with Crippen LogP contribution in [0, 0.1) is 5.82 Å². The van der Waals surface area contributed by atoms with Crippen molar-refractivity contribution in [2.75, 3.05) is 26.6 Å². The fourth-order valence-electron chi connectivity index (χ4n) is 2.24. The molecule has 0 fully saturated rings. The van der Waals surface area contributed by atoms with Gasteiger partial charge in [0.05, 0.1) is 20.6 Å². The van der Waals surface area contributed by atoms with Gasteiger partial charge in [-0.15, -0.1) is 11.8 Å². The van der Waals surface area contributed by atoms with Gasteiger partial charge in [0.15, 0.2) is 18.1 Å². The number of ether oxygens (including phenoxy) is 3. The van der Waals surface area contributed by atoms with Crippen LogP contribution in [0.3, 0.4) is 0 Å². The lowest BCUT2D eigenvalue weighted by molar-refractivity contribution is -0.148. The Morgan fingerprint density at radius 1 is 1.04 bits per heavy atom. The Labute approximate surface area is 167 Å². The third-order valence-corrected chi connectivity index (χ3v) is 4.70. The summed E-state index contributed by atoms with van der Waals surface area (Å²) in [6, 6.07) is 11.3. The van der Waals surface area contributed by atoms with Crippen molar-refractivity contribution >= 4 is 23.6 Å². The minimum absolute atomic E-state index is 0.158. The molecule has 0 radical (unpaired) electrons. The number of carbonyl (C=O) groups excluding carboxylic acids is 2. The van der Waals surface area contributed by atoms with Gasteiger partial charge >= 0.3 is 5.97 Å². The van der Waals surface area contributed by atoms with Gasteiger partial charge in [-0.25, -0.2) is 4.39 Å². The van der Waals surface area contributed by atoms with E-state index >= 15 is 0 Å². The van der Waals surface area contributed by atoms with Crippen molar-refractivity contribution in [2.24, 2.45) is 0 Å². The van der Waals surface area contributed by atoms with Gasteiger partial charge < -0.3 is 19.5 Å². The molecule has 2 aromatic carbocycles. The van der Waals surface area contributed by atoms with Crippen molar-refractivity contribution in [2.45, 2.75) is 17.9 Å². The van der Waals surface area contributed by atoms with Gasteiger partial charge in [0, 0.05) is 17.2 Å². The summed E-state index contributed by atoms with van der Waals surface area (Å²) in [5.41, 5.74) is 0.827. The monoisotopic (exact) mass is 407 g/mol. The van der Waals surface area contributed by atoms with Gasteiger partial charge in [-0.05, 0) is 42.0 Å². The van der Waals surface area contributed by atoms with E-state index in [9.17, 15) is 14.0 Å². The highest BCUT2D eigenvalue weighted by Gasteiger charge is 2.09. The largest absolute Gasteiger partial charge is 0.493 e. The van der Waals surface area contributed by atoms with Crippen LogP contribution in [-0.4, -0.2) is 38.5 Å². The van der Waals surface area contributed by atoms with Crippen LogP contribution in [0.2, 0.25) is 0 Å². The predicted octanol–water partition coefficient (Wildman–Crippen LogP) is 3.18. The molecule has 0 aromatic heterocycles. The molecule has 0 aliphatic carbocycles. The highest BCUT2D eigenvalue weighted by molar-refractivity contribution is 7.99. The molecule has 0 atom stereocenters. The van der Waals surface area contributed by atoms with Crippen LogP contribution in [0.1, 0.15) is 12.0 Å². The van der Waals surface area contributed by atoms with Crippen molar-refractivity contribution in [1.29, 1.82) is 0 Å². The number of benzene rings is 2. The number of thioether (sulfide) groups is 1. The van der Waals surface area contributed by atoms with Gasteiger partial charge in [-0.2, -0.15) is 0 Å². The van der Waals surface area contributed by atoms with E-state index < -0.39 is 11.9 Å². The van der Waals surface area contributed by atoms with E-state index in [2.05, 4.69) is 5.32 Å². The topological polar surface area (TPSA) is 73.9 Å². The molecule has 0 saturated carbocycles. The van der Waals surface area contributed by atoms with Gasteiger partial charge in [0.1, 0.15) is 5.82 Å².